The second-order valence-electron chi connectivity index (χ2n) is 4.56. The van der Waals surface area contributed by atoms with Gasteiger partial charge in [-0.05, 0) is 25.0 Å². The molecule has 5 heteroatoms. The van der Waals surface area contributed by atoms with Crippen LogP contribution >= 0.6 is 0 Å². The molecule has 1 aromatic carbocycles. The van der Waals surface area contributed by atoms with E-state index < -0.39 is 10.0 Å². The summed E-state index contributed by atoms with van der Waals surface area (Å²) in [7, 11) is -3.44. The largest absolute Gasteiger partial charge is 0.384 e. The molecular weight excluding hydrogens is 260 g/mol. The van der Waals surface area contributed by atoms with Crippen LogP contribution in [0.5, 0.6) is 0 Å². The molecule has 108 valence electrons. The molecular formula is C14H24N2O2S. The number of rotatable bonds is 8. The van der Waals surface area contributed by atoms with Crippen molar-refractivity contribution in [1.29, 1.82) is 0 Å². The van der Waals surface area contributed by atoms with Gasteiger partial charge in [0.15, 0.2) is 0 Å². The zero-order valence-corrected chi connectivity index (χ0v) is 12.8. The van der Waals surface area contributed by atoms with Gasteiger partial charge >= 0.3 is 0 Å². The molecule has 1 aromatic rings. The topological polar surface area (TPSA) is 58.2 Å². The van der Waals surface area contributed by atoms with Crippen molar-refractivity contribution in [2.24, 2.45) is 5.92 Å². The van der Waals surface area contributed by atoms with Gasteiger partial charge in [-0.1, -0.05) is 38.8 Å². The number of anilines is 1. The normalized spacial score (nSPS) is 11.8. The first-order valence-electron chi connectivity index (χ1n) is 6.87. The molecule has 2 N–H and O–H groups in total. The molecule has 0 aliphatic rings. The Bertz CT molecular complexity index is 482. The van der Waals surface area contributed by atoms with E-state index in [9.17, 15) is 8.42 Å². The third-order valence-corrected chi connectivity index (χ3v) is 4.74. The van der Waals surface area contributed by atoms with Crippen LogP contribution in [0.3, 0.4) is 0 Å². The Morgan fingerprint density at radius 2 is 1.74 bits per heavy atom. The van der Waals surface area contributed by atoms with E-state index in [-0.39, 0.29) is 0 Å². The zero-order valence-electron chi connectivity index (χ0n) is 11.9. The molecule has 0 saturated carbocycles. The number of benzene rings is 1. The Kier molecular flexibility index (Phi) is 6.31. The van der Waals surface area contributed by atoms with E-state index in [0.29, 0.717) is 29.6 Å². The first-order chi connectivity index (χ1) is 9.05. The molecule has 0 heterocycles. The van der Waals surface area contributed by atoms with Crippen LogP contribution < -0.4 is 10.0 Å². The maximum atomic E-state index is 12.3. The summed E-state index contributed by atoms with van der Waals surface area (Å²) >= 11 is 0. The van der Waals surface area contributed by atoms with Crippen molar-refractivity contribution in [2.75, 3.05) is 18.4 Å². The molecule has 1 rings (SSSR count). The SMILES string of the molecule is CCNc1ccccc1S(=O)(=O)NCC(CC)CC. The van der Waals surface area contributed by atoms with Crippen molar-refractivity contribution in [3.8, 4) is 0 Å². The fourth-order valence-electron chi connectivity index (χ4n) is 1.92. The predicted molar refractivity (Wildman–Crippen MR) is 79.9 cm³/mol. The van der Waals surface area contributed by atoms with Gasteiger partial charge in [0.1, 0.15) is 4.90 Å². The van der Waals surface area contributed by atoms with Crippen molar-refractivity contribution in [3.63, 3.8) is 0 Å². The minimum absolute atomic E-state index is 0.322. The quantitative estimate of drug-likeness (QED) is 0.771. The third-order valence-electron chi connectivity index (χ3n) is 3.26. The maximum Gasteiger partial charge on any atom is 0.242 e. The van der Waals surface area contributed by atoms with E-state index in [4.69, 9.17) is 0 Å². The van der Waals surface area contributed by atoms with E-state index in [1.54, 1.807) is 18.2 Å². The second-order valence-corrected chi connectivity index (χ2v) is 6.30. The van der Waals surface area contributed by atoms with Gasteiger partial charge in [0.2, 0.25) is 10.0 Å². The van der Waals surface area contributed by atoms with Crippen LogP contribution in [-0.2, 0) is 10.0 Å². The number of hydrogen-bond acceptors (Lipinski definition) is 3. The van der Waals surface area contributed by atoms with Crippen LogP contribution in [-0.4, -0.2) is 21.5 Å². The van der Waals surface area contributed by atoms with Gasteiger partial charge in [0.25, 0.3) is 0 Å². The van der Waals surface area contributed by atoms with Crippen LogP contribution in [0.25, 0.3) is 0 Å². The third kappa shape index (κ3) is 4.51. The summed E-state index contributed by atoms with van der Waals surface area (Å²) in [6.07, 6.45) is 1.96. The van der Waals surface area contributed by atoms with Crippen molar-refractivity contribution in [3.05, 3.63) is 24.3 Å². The van der Waals surface area contributed by atoms with Gasteiger partial charge in [0, 0.05) is 13.1 Å². The molecule has 0 aliphatic heterocycles. The van der Waals surface area contributed by atoms with E-state index in [1.807, 2.05) is 13.0 Å². The Morgan fingerprint density at radius 3 is 2.32 bits per heavy atom. The van der Waals surface area contributed by atoms with Gasteiger partial charge in [-0.2, -0.15) is 0 Å². The highest BCUT2D eigenvalue weighted by atomic mass is 32.2. The lowest BCUT2D eigenvalue weighted by Gasteiger charge is -2.15. The predicted octanol–water partition coefficient (Wildman–Crippen LogP) is 2.83. The molecule has 0 atom stereocenters. The lowest BCUT2D eigenvalue weighted by Crippen LogP contribution is -2.29. The van der Waals surface area contributed by atoms with Gasteiger partial charge in [0.05, 0.1) is 5.69 Å². The van der Waals surface area contributed by atoms with Crippen molar-refractivity contribution < 1.29 is 8.42 Å². The van der Waals surface area contributed by atoms with Gasteiger partial charge in [-0.3, -0.25) is 0 Å². The van der Waals surface area contributed by atoms with Gasteiger partial charge in [-0.25, -0.2) is 13.1 Å². The van der Waals surface area contributed by atoms with Crippen LogP contribution in [0.4, 0.5) is 5.69 Å². The summed E-state index contributed by atoms with van der Waals surface area (Å²) in [5, 5.41) is 3.08. The molecule has 4 nitrogen and oxygen atoms in total. The molecule has 0 saturated heterocycles. The van der Waals surface area contributed by atoms with Crippen molar-refractivity contribution in [1.82, 2.24) is 4.72 Å². The highest BCUT2D eigenvalue weighted by Gasteiger charge is 2.18. The van der Waals surface area contributed by atoms with E-state index in [0.717, 1.165) is 12.8 Å². The summed E-state index contributed by atoms with van der Waals surface area (Å²) in [6, 6.07) is 6.99. The highest BCUT2D eigenvalue weighted by Crippen LogP contribution is 2.20. The van der Waals surface area contributed by atoms with Crippen LogP contribution in [0.1, 0.15) is 33.6 Å². The average molecular weight is 284 g/mol. The number of para-hydroxylation sites is 1. The Morgan fingerprint density at radius 1 is 1.11 bits per heavy atom. The monoisotopic (exact) mass is 284 g/mol. The molecule has 0 bridgehead atoms. The summed E-state index contributed by atoms with van der Waals surface area (Å²) in [5.74, 6) is 0.390. The summed E-state index contributed by atoms with van der Waals surface area (Å²) in [4.78, 5) is 0.322. The minimum atomic E-state index is -3.44. The van der Waals surface area contributed by atoms with Gasteiger partial charge in [-0.15, -0.1) is 0 Å². The summed E-state index contributed by atoms with van der Waals surface area (Å²) < 4.78 is 27.3. The lowest BCUT2D eigenvalue weighted by atomic mass is 10.0. The van der Waals surface area contributed by atoms with Crippen molar-refractivity contribution in [2.45, 2.75) is 38.5 Å². The molecule has 0 amide bonds. The summed E-state index contributed by atoms with van der Waals surface area (Å²) in [5.41, 5.74) is 0.655. The van der Waals surface area contributed by atoms with E-state index in [1.165, 1.54) is 0 Å². The molecule has 0 unspecified atom stereocenters. The van der Waals surface area contributed by atoms with Crippen LogP contribution in [0.15, 0.2) is 29.2 Å². The maximum absolute atomic E-state index is 12.3. The fraction of sp³-hybridized carbons (Fsp3) is 0.571. The first-order valence-corrected chi connectivity index (χ1v) is 8.36. The Hall–Kier alpha value is -1.07. The molecule has 0 aromatic heterocycles. The highest BCUT2D eigenvalue weighted by molar-refractivity contribution is 7.89. The zero-order chi connectivity index (χ0) is 14.3. The van der Waals surface area contributed by atoms with Crippen molar-refractivity contribution >= 4 is 15.7 Å². The van der Waals surface area contributed by atoms with E-state index in [2.05, 4.69) is 23.9 Å². The smallest absolute Gasteiger partial charge is 0.242 e. The van der Waals surface area contributed by atoms with Crippen LogP contribution in [0, 0.1) is 5.92 Å². The average Bonchev–Trinajstić information content (AvgIpc) is 2.41. The molecule has 0 radical (unpaired) electrons. The minimum Gasteiger partial charge on any atom is -0.384 e. The molecule has 0 spiro atoms. The lowest BCUT2D eigenvalue weighted by molar-refractivity contribution is 0.479. The number of hydrogen-bond donors (Lipinski definition) is 2. The molecule has 0 aliphatic carbocycles. The molecule has 0 fully saturated rings. The van der Waals surface area contributed by atoms with Gasteiger partial charge < -0.3 is 5.32 Å². The van der Waals surface area contributed by atoms with Crippen LogP contribution in [0.2, 0.25) is 0 Å². The Labute approximate surface area is 116 Å². The first kappa shape index (κ1) is 16.0. The summed E-state index contributed by atoms with van der Waals surface area (Å²) in [6.45, 7) is 7.29. The standard InChI is InChI=1S/C14H24N2O2S/c1-4-12(5-2)11-16-19(17,18)14-10-8-7-9-13(14)15-6-3/h7-10,12,15-16H,4-6,11H2,1-3H3. The number of nitrogens with one attached hydrogen (secondary N) is 2. The fourth-order valence-corrected chi connectivity index (χ4v) is 3.22. The van der Waals surface area contributed by atoms with E-state index >= 15 is 0 Å². The molecule has 19 heavy (non-hydrogen) atoms. The Balaban J connectivity index is 2.88. The number of sulfonamides is 1. The second kappa shape index (κ2) is 7.50.